The minimum Gasteiger partial charge on any atom is -0.477 e. The van der Waals surface area contributed by atoms with Crippen molar-refractivity contribution < 1.29 is 24.5 Å². The van der Waals surface area contributed by atoms with Crippen LogP contribution in [0.2, 0.25) is 0 Å². The fraction of sp³-hybridized carbons (Fsp3) is 0.429. The van der Waals surface area contributed by atoms with Crippen LogP contribution < -0.4 is 4.90 Å². The van der Waals surface area contributed by atoms with E-state index in [9.17, 15) is 14.7 Å². The summed E-state index contributed by atoms with van der Waals surface area (Å²) in [7, 11) is 0. The molecule has 7 heteroatoms. The van der Waals surface area contributed by atoms with Crippen molar-refractivity contribution in [3.05, 3.63) is 51.7 Å². The first-order valence-corrected chi connectivity index (χ1v) is 10.3. The number of aromatic carboxylic acids is 1. The maximum absolute atomic E-state index is 12.4. The molecule has 0 radical (unpaired) electrons. The molecule has 150 valence electrons. The Hall–Kier alpha value is -2.22. The highest BCUT2D eigenvalue weighted by atomic mass is 32.1. The quantitative estimate of drug-likeness (QED) is 0.661. The first kappa shape index (κ1) is 20.5. The molecule has 0 bridgehead atoms. The molecule has 2 atom stereocenters. The SMILES string of the molecule is CCCC(O)c1ccc(N2C(=O)CC[C@@H]2COCc2ccc(C(=O)O)s2)cc1. The molecule has 6 nitrogen and oxygen atoms in total. The molecule has 0 aliphatic carbocycles. The lowest BCUT2D eigenvalue weighted by Crippen LogP contribution is -2.36. The number of nitrogens with zero attached hydrogens (tertiary/aromatic N) is 1. The van der Waals surface area contributed by atoms with Gasteiger partial charge in [-0.1, -0.05) is 25.5 Å². The topological polar surface area (TPSA) is 87.1 Å². The molecular formula is C21H25NO5S. The van der Waals surface area contributed by atoms with Gasteiger partial charge in [-0.05, 0) is 42.7 Å². The van der Waals surface area contributed by atoms with Gasteiger partial charge in [0.2, 0.25) is 5.91 Å². The highest BCUT2D eigenvalue weighted by Gasteiger charge is 2.32. The van der Waals surface area contributed by atoms with Crippen LogP contribution in [0.5, 0.6) is 0 Å². The van der Waals surface area contributed by atoms with Crippen molar-refractivity contribution in [3.63, 3.8) is 0 Å². The van der Waals surface area contributed by atoms with Crippen molar-refractivity contribution in [1.29, 1.82) is 0 Å². The third-order valence-corrected chi connectivity index (χ3v) is 5.92. The molecule has 28 heavy (non-hydrogen) atoms. The number of hydrogen-bond donors (Lipinski definition) is 2. The molecule has 0 saturated carbocycles. The van der Waals surface area contributed by atoms with Crippen LogP contribution in [0.1, 0.15) is 58.8 Å². The normalized spacial score (nSPS) is 17.9. The van der Waals surface area contributed by atoms with E-state index in [-0.39, 0.29) is 11.9 Å². The minimum atomic E-state index is -0.934. The average Bonchev–Trinajstić information content (AvgIpc) is 3.29. The van der Waals surface area contributed by atoms with E-state index in [0.717, 1.165) is 29.0 Å². The maximum Gasteiger partial charge on any atom is 0.345 e. The van der Waals surface area contributed by atoms with E-state index in [1.165, 1.54) is 11.3 Å². The number of rotatable bonds is 9. The molecule has 2 heterocycles. The molecule has 1 unspecified atom stereocenters. The number of carbonyl (C=O) groups is 2. The predicted molar refractivity (Wildman–Crippen MR) is 108 cm³/mol. The van der Waals surface area contributed by atoms with Gasteiger partial charge in [0, 0.05) is 17.0 Å². The Kier molecular flexibility index (Phi) is 6.83. The molecule has 1 saturated heterocycles. The zero-order valence-electron chi connectivity index (χ0n) is 15.8. The van der Waals surface area contributed by atoms with Crippen LogP contribution in [0.4, 0.5) is 5.69 Å². The summed E-state index contributed by atoms with van der Waals surface area (Å²) >= 11 is 1.20. The van der Waals surface area contributed by atoms with Crippen LogP contribution in [0.15, 0.2) is 36.4 Å². The molecular weight excluding hydrogens is 378 g/mol. The van der Waals surface area contributed by atoms with E-state index in [1.54, 1.807) is 17.0 Å². The number of aliphatic hydroxyl groups is 1. The lowest BCUT2D eigenvalue weighted by atomic mass is 10.0. The van der Waals surface area contributed by atoms with Crippen molar-refractivity contribution in [3.8, 4) is 0 Å². The number of carboxylic acid groups (broad SMARTS) is 1. The van der Waals surface area contributed by atoms with Crippen LogP contribution in [0.3, 0.4) is 0 Å². The van der Waals surface area contributed by atoms with Gasteiger partial charge in [0.05, 0.1) is 25.4 Å². The number of aliphatic hydroxyl groups excluding tert-OH is 1. The number of anilines is 1. The van der Waals surface area contributed by atoms with Crippen LogP contribution >= 0.6 is 11.3 Å². The molecule has 1 aliphatic rings. The monoisotopic (exact) mass is 403 g/mol. The van der Waals surface area contributed by atoms with Crippen LogP contribution in [-0.4, -0.2) is 34.7 Å². The van der Waals surface area contributed by atoms with Crippen LogP contribution in [-0.2, 0) is 16.1 Å². The van der Waals surface area contributed by atoms with Gasteiger partial charge < -0.3 is 19.8 Å². The Balaban J connectivity index is 1.60. The first-order chi connectivity index (χ1) is 13.5. The Morgan fingerprint density at radius 1 is 1.29 bits per heavy atom. The van der Waals surface area contributed by atoms with Gasteiger partial charge in [0.1, 0.15) is 4.88 Å². The lowest BCUT2D eigenvalue weighted by molar-refractivity contribution is -0.117. The molecule has 1 amide bonds. The van der Waals surface area contributed by atoms with E-state index < -0.39 is 12.1 Å². The first-order valence-electron chi connectivity index (χ1n) is 9.49. The van der Waals surface area contributed by atoms with Gasteiger partial charge >= 0.3 is 5.97 Å². The van der Waals surface area contributed by atoms with Gasteiger partial charge in [-0.3, -0.25) is 4.79 Å². The Labute approximate surface area is 168 Å². The largest absolute Gasteiger partial charge is 0.477 e. The number of hydrogen-bond acceptors (Lipinski definition) is 5. The number of benzene rings is 1. The smallest absolute Gasteiger partial charge is 0.345 e. The molecule has 1 aromatic heterocycles. The van der Waals surface area contributed by atoms with Crippen molar-refractivity contribution in [2.45, 2.75) is 51.4 Å². The summed E-state index contributed by atoms with van der Waals surface area (Å²) in [6.45, 7) is 2.76. The molecule has 1 aliphatic heterocycles. The van der Waals surface area contributed by atoms with Crippen LogP contribution in [0.25, 0.3) is 0 Å². The number of amides is 1. The molecule has 1 aromatic carbocycles. The Morgan fingerprint density at radius 2 is 2.04 bits per heavy atom. The van der Waals surface area contributed by atoms with Gasteiger partial charge in [-0.25, -0.2) is 4.79 Å². The van der Waals surface area contributed by atoms with E-state index in [4.69, 9.17) is 9.84 Å². The standard InChI is InChI=1S/C21H25NO5S/c1-2-3-18(23)14-4-6-15(7-5-14)22-16(8-11-20(22)24)12-27-13-17-9-10-19(28-17)21(25)26/h4-7,9-10,16,18,23H,2-3,8,11-13H2,1H3,(H,25,26)/t16-,18?/m1/s1. The zero-order chi connectivity index (χ0) is 20.1. The van der Waals surface area contributed by atoms with Crippen molar-refractivity contribution in [2.24, 2.45) is 0 Å². The zero-order valence-corrected chi connectivity index (χ0v) is 16.7. The molecule has 1 fully saturated rings. The highest BCUT2D eigenvalue weighted by molar-refractivity contribution is 7.13. The van der Waals surface area contributed by atoms with Gasteiger partial charge in [-0.15, -0.1) is 11.3 Å². The summed E-state index contributed by atoms with van der Waals surface area (Å²) in [5, 5.41) is 19.1. The van der Waals surface area contributed by atoms with Crippen molar-refractivity contribution >= 4 is 28.9 Å². The fourth-order valence-electron chi connectivity index (χ4n) is 3.42. The summed E-state index contributed by atoms with van der Waals surface area (Å²) in [5.74, 6) is -0.865. The third-order valence-electron chi connectivity index (χ3n) is 4.87. The van der Waals surface area contributed by atoms with E-state index in [0.29, 0.717) is 30.9 Å². The number of carbonyl (C=O) groups excluding carboxylic acids is 1. The van der Waals surface area contributed by atoms with Crippen molar-refractivity contribution in [1.82, 2.24) is 0 Å². The molecule has 2 N–H and O–H groups in total. The van der Waals surface area contributed by atoms with Gasteiger partial charge in [-0.2, -0.15) is 0 Å². The third kappa shape index (κ3) is 4.79. The molecule has 0 spiro atoms. The number of carboxylic acids is 1. The number of thiophene rings is 1. The van der Waals surface area contributed by atoms with E-state index in [2.05, 4.69) is 0 Å². The average molecular weight is 404 g/mol. The Bertz CT molecular complexity index is 816. The maximum atomic E-state index is 12.4. The molecule has 2 aromatic rings. The van der Waals surface area contributed by atoms with Crippen LogP contribution in [0, 0.1) is 0 Å². The number of ether oxygens (including phenoxy) is 1. The highest BCUT2D eigenvalue weighted by Crippen LogP contribution is 2.29. The lowest BCUT2D eigenvalue weighted by Gasteiger charge is -2.25. The minimum absolute atomic E-state index is 0.0437. The summed E-state index contributed by atoms with van der Waals surface area (Å²) < 4.78 is 5.77. The predicted octanol–water partition coefficient (Wildman–Crippen LogP) is 3.99. The second kappa shape index (κ2) is 9.32. The molecule has 3 rings (SSSR count). The second-order valence-corrected chi connectivity index (χ2v) is 8.11. The fourth-order valence-corrected chi connectivity index (χ4v) is 4.20. The summed E-state index contributed by atoms with van der Waals surface area (Å²) in [6.07, 6.45) is 2.35. The summed E-state index contributed by atoms with van der Waals surface area (Å²) in [4.78, 5) is 26.2. The summed E-state index contributed by atoms with van der Waals surface area (Å²) in [5.41, 5.74) is 1.67. The van der Waals surface area contributed by atoms with Gasteiger partial charge in [0.25, 0.3) is 0 Å². The van der Waals surface area contributed by atoms with E-state index >= 15 is 0 Å². The van der Waals surface area contributed by atoms with Gasteiger partial charge in [0.15, 0.2) is 0 Å². The Morgan fingerprint density at radius 3 is 2.68 bits per heavy atom. The van der Waals surface area contributed by atoms with E-state index in [1.807, 2.05) is 31.2 Å². The second-order valence-electron chi connectivity index (χ2n) is 6.94. The van der Waals surface area contributed by atoms with Crippen molar-refractivity contribution in [2.75, 3.05) is 11.5 Å². The summed E-state index contributed by atoms with van der Waals surface area (Å²) in [6, 6.07) is 10.8.